The van der Waals surface area contributed by atoms with Crippen molar-refractivity contribution in [2.24, 2.45) is 0 Å². The van der Waals surface area contributed by atoms with Crippen LogP contribution in [0.5, 0.6) is 0 Å². The van der Waals surface area contributed by atoms with Crippen molar-refractivity contribution in [3.05, 3.63) is 106 Å². The molecule has 160 valence electrons. The van der Waals surface area contributed by atoms with Gasteiger partial charge in [-0.25, -0.2) is 0 Å². The van der Waals surface area contributed by atoms with E-state index in [-0.39, 0.29) is 11.7 Å². The van der Waals surface area contributed by atoms with Crippen LogP contribution in [0.4, 0.5) is 11.4 Å². The maximum absolute atomic E-state index is 13.5. The van der Waals surface area contributed by atoms with Crippen LogP contribution in [0.2, 0.25) is 0 Å². The summed E-state index contributed by atoms with van der Waals surface area (Å²) in [5.74, 6) is -0.0484. The van der Waals surface area contributed by atoms with Gasteiger partial charge in [0.15, 0.2) is 5.78 Å². The van der Waals surface area contributed by atoms with Gasteiger partial charge in [-0.15, -0.1) is 11.3 Å². The molecule has 0 spiro atoms. The molecule has 1 aliphatic rings. The minimum absolute atomic E-state index is 0.00344. The Kier molecular flexibility index (Phi) is 5.15. The van der Waals surface area contributed by atoms with Crippen molar-refractivity contribution in [3.8, 4) is 0 Å². The summed E-state index contributed by atoms with van der Waals surface area (Å²) in [6, 6.07) is 20.8. The quantitative estimate of drug-likeness (QED) is 0.424. The van der Waals surface area contributed by atoms with E-state index < -0.39 is 6.04 Å². The van der Waals surface area contributed by atoms with Gasteiger partial charge in [0.25, 0.3) is 5.91 Å². The third-order valence-electron chi connectivity index (χ3n) is 5.98. The second-order valence-electron chi connectivity index (χ2n) is 8.00. The summed E-state index contributed by atoms with van der Waals surface area (Å²) in [6.45, 7) is 2.66. The Morgan fingerprint density at radius 3 is 2.56 bits per heavy atom. The van der Waals surface area contributed by atoms with Crippen molar-refractivity contribution in [1.29, 1.82) is 0 Å². The summed E-state index contributed by atoms with van der Waals surface area (Å²) in [5.41, 5.74) is 5.40. The molecule has 2 aromatic carbocycles. The number of ketones is 1. The van der Waals surface area contributed by atoms with Gasteiger partial charge in [-0.05, 0) is 72.0 Å². The standard InChI is InChI=1S/C26H23N3O2S/c1-17-13-15-32-25(17)26(31)28(2)20-11-9-18(10-12-20)24(30)23-22-8-5-14-29(22)16-19-6-3-4-7-21(19)27-23/h3-15,23,27H,16H2,1-2H3. The number of nitrogens with zero attached hydrogens (tertiary/aromatic N) is 2. The highest BCUT2D eigenvalue weighted by Crippen LogP contribution is 2.31. The van der Waals surface area contributed by atoms with Crippen LogP contribution >= 0.6 is 11.3 Å². The third-order valence-corrected chi connectivity index (χ3v) is 6.99. The van der Waals surface area contributed by atoms with Crippen molar-refractivity contribution in [2.45, 2.75) is 19.5 Å². The van der Waals surface area contributed by atoms with Crippen molar-refractivity contribution >= 4 is 34.4 Å². The number of amides is 1. The van der Waals surface area contributed by atoms with Gasteiger partial charge in [0.05, 0.1) is 4.88 Å². The van der Waals surface area contributed by atoms with Gasteiger partial charge in [0.1, 0.15) is 6.04 Å². The van der Waals surface area contributed by atoms with E-state index in [0.717, 1.165) is 39.6 Å². The number of fused-ring (bicyclic) bond motifs is 2. The second kappa shape index (κ2) is 8.13. The molecule has 6 heteroatoms. The molecule has 0 saturated heterocycles. The van der Waals surface area contributed by atoms with Crippen molar-refractivity contribution in [2.75, 3.05) is 17.3 Å². The number of aryl methyl sites for hydroxylation is 1. The Hall–Kier alpha value is -3.64. The van der Waals surface area contributed by atoms with E-state index in [1.54, 1.807) is 24.1 Å². The highest BCUT2D eigenvalue weighted by molar-refractivity contribution is 7.12. The minimum Gasteiger partial charge on any atom is -0.370 e. The van der Waals surface area contributed by atoms with Crippen LogP contribution in [0.25, 0.3) is 0 Å². The number of rotatable bonds is 4. The zero-order chi connectivity index (χ0) is 22.2. The van der Waals surface area contributed by atoms with Crippen LogP contribution in [0.3, 0.4) is 0 Å². The van der Waals surface area contributed by atoms with Crippen LogP contribution in [0, 0.1) is 6.92 Å². The molecular formula is C26H23N3O2S. The molecule has 0 fully saturated rings. The first-order valence-corrected chi connectivity index (χ1v) is 11.4. The summed E-state index contributed by atoms with van der Waals surface area (Å²) in [5, 5.41) is 5.37. The molecule has 3 heterocycles. The number of hydrogen-bond acceptors (Lipinski definition) is 4. The smallest absolute Gasteiger partial charge is 0.268 e. The predicted molar refractivity (Wildman–Crippen MR) is 129 cm³/mol. The van der Waals surface area contributed by atoms with Crippen LogP contribution in [0.1, 0.15) is 42.9 Å². The number of thiophene rings is 1. The first kappa shape index (κ1) is 20.3. The molecular weight excluding hydrogens is 418 g/mol. The number of hydrogen-bond donors (Lipinski definition) is 1. The van der Waals surface area contributed by atoms with Crippen molar-refractivity contribution < 1.29 is 9.59 Å². The average molecular weight is 442 g/mol. The molecule has 1 unspecified atom stereocenters. The minimum atomic E-state index is -0.479. The van der Waals surface area contributed by atoms with Crippen LogP contribution in [-0.2, 0) is 6.54 Å². The lowest BCUT2D eigenvalue weighted by molar-refractivity contribution is 0.0966. The Labute approximate surface area is 190 Å². The predicted octanol–water partition coefficient (Wildman–Crippen LogP) is 5.53. The number of carbonyl (C=O) groups excluding carboxylic acids is 2. The van der Waals surface area contributed by atoms with Gasteiger partial charge in [-0.3, -0.25) is 9.59 Å². The highest BCUT2D eigenvalue weighted by atomic mass is 32.1. The van der Waals surface area contributed by atoms with Crippen molar-refractivity contribution in [3.63, 3.8) is 0 Å². The van der Waals surface area contributed by atoms with E-state index in [4.69, 9.17) is 0 Å². The maximum atomic E-state index is 13.5. The fourth-order valence-corrected chi connectivity index (χ4v) is 5.02. The highest BCUT2D eigenvalue weighted by Gasteiger charge is 2.28. The molecule has 0 radical (unpaired) electrons. The second-order valence-corrected chi connectivity index (χ2v) is 8.92. The number of nitrogens with one attached hydrogen (secondary N) is 1. The lowest BCUT2D eigenvalue weighted by Crippen LogP contribution is -2.26. The Balaban J connectivity index is 1.42. The van der Waals surface area contributed by atoms with E-state index in [2.05, 4.69) is 16.0 Å². The fourth-order valence-electron chi connectivity index (χ4n) is 4.12. The molecule has 0 bridgehead atoms. The van der Waals surface area contributed by atoms with E-state index in [9.17, 15) is 9.59 Å². The Bertz CT molecular complexity index is 1300. The molecule has 5 rings (SSSR count). The zero-order valence-electron chi connectivity index (χ0n) is 17.9. The molecule has 1 aliphatic heterocycles. The molecule has 1 atom stereocenters. The Morgan fingerprint density at radius 2 is 1.81 bits per heavy atom. The molecule has 1 N–H and O–H groups in total. The first-order valence-electron chi connectivity index (χ1n) is 10.5. The molecule has 1 amide bonds. The van der Waals surface area contributed by atoms with Crippen molar-refractivity contribution in [1.82, 2.24) is 4.57 Å². The number of Topliss-reactive ketones (excluding diaryl/α,β-unsaturated/α-hetero) is 1. The van der Waals surface area contributed by atoms with Gasteiger partial charge in [0.2, 0.25) is 0 Å². The average Bonchev–Trinajstić information content (AvgIpc) is 3.42. The lowest BCUT2D eigenvalue weighted by Gasteiger charge is -2.20. The molecule has 2 aromatic heterocycles. The monoisotopic (exact) mass is 441 g/mol. The molecule has 0 aliphatic carbocycles. The molecule has 32 heavy (non-hydrogen) atoms. The first-order chi connectivity index (χ1) is 15.5. The van der Waals surface area contributed by atoms with Gasteiger partial charge in [-0.2, -0.15) is 0 Å². The number of para-hydroxylation sites is 1. The summed E-state index contributed by atoms with van der Waals surface area (Å²) in [6.07, 6.45) is 2.01. The fraction of sp³-hybridized carbons (Fsp3) is 0.154. The summed E-state index contributed by atoms with van der Waals surface area (Å²) in [7, 11) is 1.76. The summed E-state index contributed by atoms with van der Waals surface area (Å²) in [4.78, 5) is 28.7. The number of anilines is 2. The Morgan fingerprint density at radius 1 is 1.03 bits per heavy atom. The SMILES string of the molecule is Cc1ccsc1C(=O)N(C)c1ccc(C(=O)C2Nc3ccccc3Cn3cccc32)cc1. The van der Waals surface area contributed by atoms with Gasteiger partial charge in [0, 0.05) is 42.4 Å². The van der Waals surface area contributed by atoms with Gasteiger partial charge in [-0.1, -0.05) is 18.2 Å². The normalized spacial score (nSPS) is 14.6. The number of aromatic nitrogens is 1. The number of benzene rings is 2. The lowest BCUT2D eigenvalue weighted by atomic mass is 10.0. The summed E-state index contributed by atoms with van der Waals surface area (Å²) < 4.78 is 2.12. The van der Waals surface area contributed by atoms with E-state index in [0.29, 0.717) is 5.56 Å². The van der Waals surface area contributed by atoms with Crippen LogP contribution in [0.15, 0.2) is 78.3 Å². The van der Waals surface area contributed by atoms with E-state index in [1.807, 2.05) is 67.0 Å². The zero-order valence-corrected chi connectivity index (χ0v) is 18.7. The maximum Gasteiger partial charge on any atom is 0.268 e. The summed E-state index contributed by atoms with van der Waals surface area (Å²) >= 11 is 1.44. The molecule has 5 nitrogen and oxygen atoms in total. The van der Waals surface area contributed by atoms with Gasteiger partial charge < -0.3 is 14.8 Å². The number of carbonyl (C=O) groups is 2. The van der Waals surface area contributed by atoms with Crippen LogP contribution < -0.4 is 10.2 Å². The van der Waals surface area contributed by atoms with E-state index in [1.165, 1.54) is 11.3 Å². The third kappa shape index (κ3) is 3.52. The van der Waals surface area contributed by atoms with E-state index >= 15 is 0 Å². The van der Waals surface area contributed by atoms with Crippen LogP contribution in [-0.4, -0.2) is 23.3 Å². The topological polar surface area (TPSA) is 54.3 Å². The van der Waals surface area contributed by atoms with Gasteiger partial charge >= 0.3 is 0 Å². The molecule has 0 saturated carbocycles. The largest absolute Gasteiger partial charge is 0.370 e. The molecule has 4 aromatic rings.